The predicted molar refractivity (Wildman–Crippen MR) is 86.9 cm³/mol. The number of esters is 1. The number of allylic oxidation sites excluding steroid dienone is 1. The number of amides is 1. The number of ether oxygens (including phenoxy) is 1. The van der Waals surface area contributed by atoms with Crippen molar-refractivity contribution >= 4 is 30.2 Å². The summed E-state index contributed by atoms with van der Waals surface area (Å²) in [5.74, 6) is -1.16. The van der Waals surface area contributed by atoms with Crippen LogP contribution in [0.3, 0.4) is 0 Å². The van der Waals surface area contributed by atoms with Crippen molar-refractivity contribution in [3.63, 3.8) is 0 Å². The van der Waals surface area contributed by atoms with Crippen LogP contribution in [0.1, 0.15) is 10.4 Å². The van der Waals surface area contributed by atoms with E-state index in [0.29, 0.717) is 4.90 Å². The highest BCUT2D eigenvalue weighted by Crippen LogP contribution is 2.22. The van der Waals surface area contributed by atoms with Crippen LogP contribution in [0.15, 0.2) is 47.1 Å². The first kappa shape index (κ1) is 18.2. The van der Waals surface area contributed by atoms with Gasteiger partial charge in [0.1, 0.15) is 0 Å². The van der Waals surface area contributed by atoms with E-state index in [1.165, 1.54) is 32.4 Å². The van der Waals surface area contributed by atoms with E-state index in [1.807, 2.05) is 0 Å². The van der Waals surface area contributed by atoms with Crippen LogP contribution in [-0.4, -0.2) is 31.0 Å². The van der Waals surface area contributed by atoms with Crippen LogP contribution >= 0.6 is 12.6 Å². The van der Waals surface area contributed by atoms with Gasteiger partial charge in [-0.1, -0.05) is 0 Å². The summed E-state index contributed by atoms with van der Waals surface area (Å²) in [6.45, 7) is 0. The Morgan fingerprint density at radius 2 is 2.04 bits per heavy atom. The summed E-state index contributed by atoms with van der Waals surface area (Å²) in [5.41, 5.74) is 0.244. The van der Waals surface area contributed by atoms with Crippen LogP contribution < -0.4 is 10.6 Å². The Bertz CT molecular complexity index is 685. The summed E-state index contributed by atoms with van der Waals surface area (Å²) in [5, 5.41) is 15.7. The van der Waals surface area contributed by atoms with Crippen molar-refractivity contribution in [2.45, 2.75) is 4.90 Å². The van der Waals surface area contributed by atoms with Crippen molar-refractivity contribution in [1.29, 1.82) is 0 Å². The number of rotatable bonds is 6. The number of anilines is 1. The van der Waals surface area contributed by atoms with E-state index in [2.05, 4.69) is 28.0 Å². The fourth-order valence-electron chi connectivity index (χ4n) is 1.53. The van der Waals surface area contributed by atoms with Crippen molar-refractivity contribution in [1.82, 2.24) is 5.32 Å². The minimum atomic E-state index is -0.637. The molecule has 0 saturated heterocycles. The third-order valence-electron chi connectivity index (χ3n) is 2.58. The standard InChI is InChI=1S/C14H15N3O5S/c1-15-8-10(17(20)21)4-6-13(18)16-11-7-9(14(19)22-2)3-5-12(11)23/h3-8,15,23H,1-2H3,(H,16,18)/b6-4+,10-8+. The van der Waals surface area contributed by atoms with Crippen molar-refractivity contribution in [2.24, 2.45) is 0 Å². The quantitative estimate of drug-likeness (QED) is 0.182. The minimum Gasteiger partial charge on any atom is -0.465 e. The van der Waals surface area contributed by atoms with E-state index in [1.54, 1.807) is 0 Å². The smallest absolute Gasteiger partial charge is 0.337 e. The first-order chi connectivity index (χ1) is 10.9. The molecule has 0 atom stereocenters. The summed E-state index contributed by atoms with van der Waals surface area (Å²) in [6, 6.07) is 4.43. The molecule has 1 rings (SSSR count). The normalized spacial score (nSPS) is 11.2. The van der Waals surface area contributed by atoms with E-state index in [9.17, 15) is 19.7 Å². The predicted octanol–water partition coefficient (Wildman–Crippen LogP) is 1.59. The summed E-state index contributed by atoms with van der Waals surface area (Å²) in [6.07, 6.45) is 3.20. The van der Waals surface area contributed by atoms with Gasteiger partial charge in [0.25, 0.3) is 5.70 Å². The molecular weight excluding hydrogens is 322 g/mol. The molecule has 1 amide bonds. The molecule has 0 unspecified atom stereocenters. The van der Waals surface area contributed by atoms with Crippen LogP contribution in [0.2, 0.25) is 0 Å². The molecule has 23 heavy (non-hydrogen) atoms. The average molecular weight is 337 g/mol. The number of benzene rings is 1. The molecule has 9 heteroatoms. The van der Waals surface area contributed by atoms with Gasteiger partial charge in [-0.15, -0.1) is 12.6 Å². The Labute approximate surface area is 137 Å². The molecule has 122 valence electrons. The Morgan fingerprint density at radius 3 is 2.61 bits per heavy atom. The molecule has 0 aliphatic rings. The van der Waals surface area contributed by atoms with Crippen molar-refractivity contribution < 1.29 is 19.2 Å². The molecule has 1 aromatic carbocycles. The van der Waals surface area contributed by atoms with Crippen molar-refractivity contribution in [2.75, 3.05) is 19.5 Å². The Morgan fingerprint density at radius 1 is 1.35 bits per heavy atom. The van der Waals surface area contributed by atoms with E-state index < -0.39 is 16.8 Å². The van der Waals surface area contributed by atoms with E-state index in [0.717, 1.165) is 18.4 Å². The van der Waals surface area contributed by atoms with Gasteiger partial charge >= 0.3 is 5.97 Å². The Hall–Kier alpha value is -2.81. The summed E-state index contributed by atoms with van der Waals surface area (Å²) >= 11 is 4.17. The van der Waals surface area contributed by atoms with Crippen LogP contribution in [0, 0.1) is 10.1 Å². The third kappa shape index (κ3) is 5.47. The highest BCUT2D eigenvalue weighted by Gasteiger charge is 2.11. The molecular formula is C14H15N3O5S. The number of hydrogen-bond acceptors (Lipinski definition) is 7. The van der Waals surface area contributed by atoms with E-state index in [4.69, 9.17) is 0 Å². The van der Waals surface area contributed by atoms with Gasteiger partial charge in [-0.25, -0.2) is 4.79 Å². The van der Waals surface area contributed by atoms with E-state index in [-0.39, 0.29) is 16.9 Å². The average Bonchev–Trinajstić information content (AvgIpc) is 2.52. The number of thiol groups is 1. The maximum absolute atomic E-state index is 11.8. The topological polar surface area (TPSA) is 111 Å². The highest BCUT2D eigenvalue weighted by atomic mass is 32.1. The number of nitrogens with one attached hydrogen (secondary N) is 2. The van der Waals surface area contributed by atoms with Gasteiger partial charge in [0, 0.05) is 24.1 Å². The van der Waals surface area contributed by atoms with Crippen LogP contribution in [0.5, 0.6) is 0 Å². The van der Waals surface area contributed by atoms with Gasteiger partial charge in [0.15, 0.2) is 0 Å². The number of nitro groups is 1. The van der Waals surface area contributed by atoms with E-state index >= 15 is 0 Å². The largest absolute Gasteiger partial charge is 0.465 e. The molecule has 1 aromatic rings. The molecule has 0 spiro atoms. The fourth-order valence-corrected chi connectivity index (χ4v) is 1.72. The second-order valence-electron chi connectivity index (χ2n) is 4.16. The van der Waals surface area contributed by atoms with Gasteiger partial charge in [-0.05, 0) is 18.2 Å². The molecule has 0 bridgehead atoms. The summed E-state index contributed by atoms with van der Waals surface area (Å²) < 4.78 is 4.59. The molecule has 0 fully saturated rings. The molecule has 0 aliphatic carbocycles. The second kappa shape index (κ2) is 8.59. The second-order valence-corrected chi connectivity index (χ2v) is 4.64. The fraction of sp³-hybridized carbons (Fsp3) is 0.143. The molecule has 0 saturated carbocycles. The monoisotopic (exact) mass is 337 g/mol. The molecule has 0 radical (unpaired) electrons. The lowest BCUT2D eigenvalue weighted by molar-refractivity contribution is -0.419. The first-order valence-corrected chi connectivity index (χ1v) is 6.76. The first-order valence-electron chi connectivity index (χ1n) is 6.31. The molecule has 0 aliphatic heterocycles. The maximum Gasteiger partial charge on any atom is 0.337 e. The van der Waals surface area contributed by atoms with Gasteiger partial charge in [-0.2, -0.15) is 0 Å². The zero-order valence-electron chi connectivity index (χ0n) is 12.4. The molecule has 2 N–H and O–H groups in total. The van der Waals surface area contributed by atoms with Crippen LogP contribution in [-0.2, 0) is 9.53 Å². The summed E-state index contributed by atoms with van der Waals surface area (Å²) in [4.78, 5) is 33.8. The maximum atomic E-state index is 11.8. The molecule has 0 heterocycles. The lowest BCUT2D eigenvalue weighted by Gasteiger charge is -2.07. The third-order valence-corrected chi connectivity index (χ3v) is 2.97. The van der Waals surface area contributed by atoms with Gasteiger partial charge in [0.2, 0.25) is 5.91 Å². The molecule has 0 aromatic heterocycles. The SMILES string of the molecule is CN/C=C(\C=C\C(=O)Nc1cc(C(=O)OC)ccc1S)[N+](=O)[O-]. The lowest BCUT2D eigenvalue weighted by atomic mass is 10.2. The number of carbonyl (C=O) groups is 2. The van der Waals surface area contributed by atoms with Crippen LogP contribution in [0.4, 0.5) is 5.69 Å². The lowest BCUT2D eigenvalue weighted by Crippen LogP contribution is -2.11. The zero-order chi connectivity index (χ0) is 17.4. The van der Waals surface area contributed by atoms with Gasteiger partial charge in [-0.3, -0.25) is 14.9 Å². The van der Waals surface area contributed by atoms with Crippen molar-refractivity contribution in [3.8, 4) is 0 Å². The number of nitrogens with zero attached hydrogens (tertiary/aromatic N) is 1. The number of carbonyl (C=O) groups excluding carboxylic acids is 2. The highest BCUT2D eigenvalue weighted by molar-refractivity contribution is 7.80. The van der Waals surface area contributed by atoms with Gasteiger partial charge in [0.05, 0.1) is 29.5 Å². The minimum absolute atomic E-state index is 0.241. The van der Waals surface area contributed by atoms with Gasteiger partial charge < -0.3 is 15.4 Å². The molecule has 8 nitrogen and oxygen atoms in total. The van der Waals surface area contributed by atoms with Crippen molar-refractivity contribution in [3.05, 3.63) is 57.9 Å². The summed E-state index contributed by atoms with van der Waals surface area (Å²) in [7, 11) is 2.74. The zero-order valence-corrected chi connectivity index (χ0v) is 13.3. The Balaban J connectivity index is 2.91. The van der Waals surface area contributed by atoms with Crippen LogP contribution in [0.25, 0.3) is 0 Å². The number of hydrogen-bond donors (Lipinski definition) is 3. The Kier molecular flexibility index (Phi) is 6.81. The number of methoxy groups -OCH3 is 1.